The van der Waals surface area contributed by atoms with E-state index in [1.54, 1.807) is 0 Å². The molecule has 18 heavy (non-hydrogen) atoms. The minimum atomic E-state index is -0.331. The van der Waals surface area contributed by atoms with Crippen molar-refractivity contribution < 1.29 is 4.79 Å². The van der Waals surface area contributed by atoms with E-state index in [1.807, 2.05) is 4.90 Å². The predicted molar refractivity (Wildman–Crippen MR) is 71.7 cm³/mol. The van der Waals surface area contributed by atoms with E-state index in [0.717, 1.165) is 25.8 Å². The molecular weight excluding hydrogens is 300 g/mol. The molecule has 0 radical (unpaired) electrons. The van der Waals surface area contributed by atoms with Crippen molar-refractivity contribution >= 4 is 33.5 Å². The summed E-state index contributed by atoms with van der Waals surface area (Å²) >= 11 is 3.39. The largest absolute Gasteiger partial charge is 0.368 e. The van der Waals surface area contributed by atoms with Gasteiger partial charge < -0.3 is 16.1 Å². The van der Waals surface area contributed by atoms with Gasteiger partial charge in [0.1, 0.15) is 22.7 Å². The number of carbonyl (C=O) groups is 1. The van der Waals surface area contributed by atoms with Gasteiger partial charge in [0, 0.05) is 6.54 Å². The lowest BCUT2D eigenvalue weighted by Crippen LogP contribution is -2.48. The quantitative estimate of drug-likeness (QED) is 0.549. The minimum Gasteiger partial charge on any atom is -0.368 e. The third-order valence-corrected chi connectivity index (χ3v) is 3.74. The van der Waals surface area contributed by atoms with E-state index in [1.165, 1.54) is 6.33 Å². The van der Waals surface area contributed by atoms with E-state index in [9.17, 15) is 4.79 Å². The highest BCUT2D eigenvalue weighted by Gasteiger charge is 2.29. The van der Waals surface area contributed by atoms with Gasteiger partial charge in [-0.2, -0.15) is 0 Å². The first-order valence-corrected chi connectivity index (χ1v) is 6.47. The summed E-state index contributed by atoms with van der Waals surface area (Å²) in [6, 6.07) is -0.324. The molecule has 8 heteroatoms. The molecule has 1 aromatic heterocycles. The summed E-state index contributed by atoms with van der Waals surface area (Å²) in [5.41, 5.74) is 7.91. The molecule has 1 saturated heterocycles. The highest BCUT2D eigenvalue weighted by Crippen LogP contribution is 2.32. The minimum absolute atomic E-state index is 0.324. The van der Waals surface area contributed by atoms with Gasteiger partial charge in [-0.15, -0.1) is 0 Å². The molecule has 1 amide bonds. The zero-order chi connectivity index (χ0) is 13.1. The number of piperidine rings is 1. The zero-order valence-electron chi connectivity index (χ0n) is 9.77. The summed E-state index contributed by atoms with van der Waals surface area (Å²) in [6.07, 6.45) is 4.15. The number of hydrazine groups is 1. The lowest BCUT2D eigenvalue weighted by Gasteiger charge is -2.35. The fourth-order valence-corrected chi connectivity index (χ4v) is 2.69. The van der Waals surface area contributed by atoms with Crippen LogP contribution in [0.25, 0.3) is 0 Å². The molecule has 2 rings (SSSR count). The Kier molecular flexibility index (Phi) is 3.97. The number of carbonyl (C=O) groups excluding carboxylic acids is 1. The number of hydrogen-bond acceptors (Lipinski definition) is 6. The highest BCUT2D eigenvalue weighted by atomic mass is 79.9. The first-order chi connectivity index (χ1) is 8.65. The van der Waals surface area contributed by atoms with Crippen molar-refractivity contribution in [1.82, 2.24) is 9.97 Å². The Hall–Kier alpha value is -1.41. The van der Waals surface area contributed by atoms with Crippen LogP contribution in [0.3, 0.4) is 0 Å². The van der Waals surface area contributed by atoms with Crippen molar-refractivity contribution in [2.45, 2.75) is 25.3 Å². The van der Waals surface area contributed by atoms with Gasteiger partial charge in [0.2, 0.25) is 5.91 Å². The molecule has 1 aromatic rings. The number of nitrogens with zero attached hydrogens (tertiary/aromatic N) is 3. The molecule has 0 saturated carbocycles. The van der Waals surface area contributed by atoms with Crippen LogP contribution < -0.4 is 21.9 Å². The van der Waals surface area contributed by atoms with Crippen molar-refractivity contribution in [3.8, 4) is 0 Å². The van der Waals surface area contributed by atoms with Gasteiger partial charge in [0.05, 0.1) is 0 Å². The molecule has 1 unspecified atom stereocenters. The Balaban J connectivity index is 2.36. The normalized spacial score (nSPS) is 19.7. The Bertz CT molecular complexity index is 454. The summed E-state index contributed by atoms with van der Waals surface area (Å²) in [6.45, 7) is 0.743. The average Bonchev–Trinajstić information content (AvgIpc) is 2.39. The second-order valence-corrected chi connectivity index (χ2v) is 4.90. The van der Waals surface area contributed by atoms with E-state index in [0.29, 0.717) is 16.1 Å². The summed E-state index contributed by atoms with van der Waals surface area (Å²) in [5, 5.41) is 0. The van der Waals surface area contributed by atoms with E-state index in [4.69, 9.17) is 11.6 Å². The van der Waals surface area contributed by atoms with Crippen molar-refractivity contribution in [2.75, 3.05) is 16.9 Å². The molecule has 0 aliphatic carbocycles. The summed E-state index contributed by atoms with van der Waals surface area (Å²) in [5.74, 6) is 6.15. The standard InChI is InChI=1S/C10H15BrN6O/c11-7-9(16-13)14-5-15-10(7)17-4-2-1-3-6(17)8(12)18/h5-6H,1-4,13H2,(H2,12,18)(H,14,15,16). The molecule has 98 valence electrons. The van der Waals surface area contributed by atoms with Crippen LogP contribution in [0, 0.1) is 0 Å². The molecule has 5 N–H and O–H groups in total. The van der Waals surface area contributed by atoms with Crippen molar-refractivity contribution in [2.24, 2.45) is 11.6 Å². The average molecular weight is 315 g/mol. The second-order valence-electron chi connectivity index (χ2n) is 4.11. The molecule has 7 nitrogen and oxygen atoms in total. The van der Waals surface area contributed by atoms with E-state index in [2.05, 4.69) is 31.3 Å². The van der Waals surface area contributed by atoms with Crippen LogP contribution in [0.4, 0.5) is 11.6 Å². The number of nitrogens with two attached hydrogens (primary N) is 2. The smallest absolute Gasteiger partial charge is 0.240 e. The zero-order valence-corrected chi connectivity index (χ0v) is 11.4. The van der Waals surface area contributed by atoms with Crippen molar-refractivity contribution in [3.63, 3.8) is 0 Å². The fraction of sp³-hybridized carbons (Fsp3) is 0.500. The van der Waals surface area contributed by atoms with Crippen molar-refractivity contribution in [1.29, 1.82) is 0 Å². The van der Waals surface area contributed by atoms with Crippen molar-refractivity contribution in [3.05, 3.63) is 10.8 Å². The van der Waals surface area contributed by atoms with Gasteiger partial charge in [-0.1, -0.05) is 0 Å². The second kappa shape index (κ2) is 5.49. The SMILES string of the molecule is NNc1ncnc(N2CCCCC2C(N)=O)c1Br. The summed E-state index contributed by atoms with van der Waals surface area (Å²) < 4.78 is 0.639. The Labute approximate surface area is 113 Å². The lowest BCUT2D eigenvalue weighted by atomic mass is 10.0. The van der Waals surface area contributed by atoms with Gasteiger partial charge in [-0.25, -0.2) is 15.8 Å². The third kappa shape index (κ3) is 2.39. The number of nitrogens with one attached hydrogen (secondary N) is 1. The number of nitrogen functional groups attached to an aromatic ring is 1. The Morgan fingerprint density at radius 3 is 2.94 bits per heavy atom. The Morgan fingerprint density at radius 2 is 2.28 bits per heavy atom. The third-order valence-electron chi connectivity index (χ3n) is 3.01. The maximum absolute atomic E-state index is 11.5. The first-order valence-electron chi connectivity index (χ1n) is 5.68. The molecule has 2 heterocycles. The maximum atomic E-state index is 11.5. The lowest BCUT2D eigenvalue weighted by molar-refractivity contribution is -0.119. The molecule has 1 atom stereocenters. The number of aromatic nitrogens is 2. The van der Waals surface area contributed by atoms with Crippen LogP contribution in [0.15, 0.2) is 10.8 Å². The van der Waals surface area contributed by atoms with Crippen LogP contribution in [0.2, 0.25) is 0 Å². The van der Waals surface area contributed by atoms with E-state index in [-0.39, 0.29) is 11.9 Å². The van der Waals surface area contributed by atoms with E-state index < -0.39 is 0 Å². The topological polar surface area (TPSA) is 110 Å². The van der Waals surface area contributed by atoms with Gasteiger partial charge in [0.15, 0.2) is 5.82 Å². The number of halogens is 1. The maximum Gasteiger partial charge on any atom is 0.240 e. The van der Waals surface area contributed by atoms with Crippen LogP contribution >= 0.6 is 15.9 Å². The number of primary amides is 1. The number of amides is 1. The van der Waals surface area contributed by atoms with Gasteiger partial charge >= 0.3 is 0 Å². The molecular formula is C10H15BrN6O. The Morgan fingerprint density at radius 1 is 1.50 bits per heavy atom. The van der Waals surface area contributed by atoms with Crippen LogP contribution in [0.1, 0.15) is 19.3 Å². The molecule has 0 aromatic carbocycles. The number of hydrogen-bond donors (Lipinski definition) is 3. The van der Waals surface area contributed by atoms with E-state index >= 15 is 0 Å². The molecule has 1 aliphatic heterocycles. The molecule has 0 bridgehead atoms. The van der Waals surface area contributed by atoms with Crippen LogP contribution in [0.5, 0.6) is 0 Å². The van der Waals surface area contributed by atoms with Crippen LogP contribution in [-0.2, 0) is 4.79 Å². The van der Waals surface area contributed by atoms with Gasteiger partial charge in [-0.05, 0) is 35.2 Å². The molecule has 0 spiro atoms. The highest BCUT2D eigenvalue weighted by molar-refractivity contribution is 9.10. The first kappa shape index (κ1) is 13.0. The van der Waals surface area contributed by atoms with Gasteiger partial charge in [-0.3, -0.25) is 4.79 Å². The monoisotopic (exact) mass is 314 g/mol. The van der Waals surface area contributed by atoms with Crippen LogP contribution in [-0.4, -0.2) is 28.5 Å². The fourth-order valence-electron chi connectivity index (χ4n) is 2.14. The summed E-state index contributed by atoms with van der Waals surface area (Å²) in [7, 11) is 0. The van der Waals surface area contributed by atoms with Gasteiger partial charge in [0.25, 0.3) is 0 Å². The predicted octanol–water partition coefficient (Wildman–Crippen LogP) is 0.369. The number of anilines is 2. The molecule has 1 fully saturated rings. The number of rotatable bonds is 3. The summed E-state index contributed by atoms with van der Waals surface area (Å²) in [4.78, 5) is 21.6. The molecule has 1 aliphatic rings.